The molecule has 0 bridgehead atoms. The van der Waals surface area contributed by atoms with E-state index in [0.717, 1.165) is 17.7 Å². The molecule has 1 heterocycles. The lowest BCUT2D eigenvalue weighted by atomic mass is 10.1. The Kier molecular flexibility index (Phi) is 6.02. The summed E-state index contributed by atoms with van der Waals surface area (Å²) in [6.45, 7) is 1.77. The first-order chi connectivity index (χ1) is 16.1. The van der Waals surface area contributed by atoms with E-state index in [0.29, 0.717) is 22.2 Å². The number of ether oxygens (including phenoxy) is 1. The predicted octanol–water partition coefficient (Wildman–Crippen LogP) is 6.17. The number of halogens is 3. The lowest BCUT2D eigenvalue weighted by Gasteiger charge is -2.15. The Bertz CT molecular complexity index is 1340. The van der Waals surface area contributed by atoms with Crippen molar-refractivity contribution in [1.29, 1.82) is 0 Å². The summed E-state index contributed by atoms with van der Waals surface area (Å²) in [4.78, 5) is 27.1. The third-order valence-corrected chi connectivity index (χ3v) is 5.33. The van der Waals surface area contributed by atoms with Gasteiger partial charge in [-0.2, -0.15) is 13.2 Å². The van der Waals surface area contributed by atoms with Crippen LogP contribution in [0.3, 0.4) is 0 Å². The van der Waals surface area contributed by atoms with E-state index in [1.54, 1.807) is 37.3 Å². The van der Waals surface area contributed by atoms with Crippen molar-refractivity contribution in [2.24, 2.45) is 0 Å². The highest BCUT2D eigenvalue weighted by Gasteiger charge is 2.30. The highest BCUT2D eigenvalue weighted by molar-refractivity contribution is 6.09. The number of amides is 1. The van der Waals surface area contributed by atoms with Gasteiger partial charge in [0, 0.05) is 11.7 Å². The van der Waals surface area contributed by atoms with E-state index in [1.807, 2.05) is 0 Å². The number of aromatic carboxylic acids is 1. The van der Waals surface area contributed by atoms with Crippen LogP contribution < -0.4 is 10.1 Å². The number of rotatable bonds is 6. The summed E-state index contributed by atoms with van der Waals surface area (Å²) in [6, 6.07) is 15.1. The fourth-order valence-electron chi connectivity index (χ4n) is 3.53. The number of H-pyrrole nitrogens is 1. The maximum absolute atomic E-state index is 13.0. The first-order valence-electron chi connectivity index (χ1n) is 10.2. The highest BCUT2D eigenvalue weighted by Crippen LogP contribution is 2.35. The minimum atomic E-state index is -4.45. The normalized spacial score (nSPS) is 12.4. The zero-order chi connectivity index (χ0) is 24.5. The van der Waals surface area contributed by atoms with Gasteiger partial charge in [-0.1, -0.05) is 18.2 Å². The average molecular weight is 468 g/mol. The number of carboxylic acids is 1. The number of benzene rings is 3. The molecular weight excluding hydrogens is 449 g/mol. The molecule has 0 radical (unpaired) electrons. The Balaban J connectivity index is 1.57. The molecule has 1 amide bonds. The van der Waals surface area contributed by atoms with Gasteiger partial charge in [-0.3, -0.25) is 4.79 Å². The SMILES string of the molecule is CC(NC(=O)c1c[nH]c2cccc(Oc3ccc(C(F)(F)F)cc3)c12)c1ccc(C(=O)O)cc1. The molecule has 6 nitrogen and oxygen atoms in total. The summed E-state index contributed by atoms with van der Waals surface area (Å²) < 4.78 is 44.3. The van der Waals surface area contributed by atoms with Crippen molar-refractivity contribution in [1.82, 2.24) is 10.3 Å². The zero-order valence-corrected chi connectivity index (χ0v) is 17.8. The summed E-state index contributed by atoms with van der Waals surface area (Å²) >= 11 is 0. The van der Waals surface area contributed by atoms with Crippen LogP contribution in [0.2, 0.25) is 0 Å². The Morgan fingerprint density at radius 1 is 1.00 bits per heavy atom. The van der Waals surface area contributed by atoms with Crippen LogP contribution in [0.25, 0.3) is 10.9 Å². The number of carbonyl (C=O) groups excluding carboxylic acids is 1. The second-order valence-corrected chi connectivity index (χ2v) is 7.63. The maximum atomic E-state index is 13.0. The number of alkyl halides is 3. The number of nitrogens with one attached hydrogen (secondary N) is 2. The van der Waals surface area contributed by atoms with Gasteiger partial charge in [-0.05, 0) is 61.0 Å². The van der Waals surface area contributed by atoms with Crippen LogP contribution in [0.5, 0.6) is 11.5 Å². The number of hydrogen-bond acceptors (Lipinski definition) is 3. The maximum Gasteiger partial charge on any atom is 0.416 e. The van der Waals surface area contributed by atoms with Gasteiger partial charge in [0.25, 0.3) is 5.91 Å². The van der Waals surface area contributed by atoms with Gasteiger partial charge in [0.05, 0.1) is 28.1 Å². The summed E-state index contributed by atoms with van der Waals surface area (Å²) in [5.41, 5.74) is 0.994. The van der Waals surface area contributed by atoms with E-state index in [-0.39, 0.29) is 11.3 Å². The standard InChI is InChI=1S/C25H19F3N2O4/c1-14(15-5-7-16(8-6-15)24(32)33)30-23(31)19-13-29-20-3-2-4-21(22(19)20)34-18-11-9-17(10-12-18)25(26,27)28/h2-14,29H,1H3,(H,30,31)(H,32,33). The summed E-state index contributed by atoms with van der Waals surface area (Å²) in [5.74, 6) is -0.936. The number of aromatic amines is 1. The van der Waals surface area contributed by atoms with Crippen molar-refractivity contribution in [2.45, 2.75) is 19.1 Å². The van der Waals surface area contributed by atoms with Gasteiger partial charge in [0.2, 0.25) is 0 Å². The first kappa shape index (κ1) is 22.9. The minimum Gasteiger partial charge on any atom is -0.478 e. The van der Waals surface area contributed by atoms with Crippen LogP contribution in [0.4, 0.5) is 13.2 Å². The van der Waals surface area contributed by atoms with Crippen LogP contribution in [0, 0.1) is 0 Å². The number of fused-ring (bicyclic) bond motifs is 1. The third kappa shape index (κ3) is 4.73. The average Bonchev–Trinajstić information content (AvgIpc) is 3.24. The summed E-state index contributed by atoms with van der Waals surface area (Å²) in [7, 11) is 0. The Labute approximate surface area is 192 Å². The second kappa shape index (κ2) is 8.93. The van der Waals surface area contributed by atoms with Crippen LogP contribution >= 0.6 is 0 Å². The molecule has 0 spiro atoms. The van der Waals surface area contributed by atoms with Gasteiger partial charge in [-0.15, -0.1) is 0 Å². The van der Waals surface area contributed by atoms with Crippen molar-refractivity contribution in [3.05, 3.63) is 95.2 Å². The Hall–Kier alpha value is -4.27. The molecule has 174 valence electrons. The van der Waals surface area contributed by atoms with E-state index in [9.17, 15) is 22.8 Å². The fraction of sp³-hybridized carbons (Fsp3) is 0.120. The molecule has 1 aromatic heterocycles. The van der Waals surface area contributed by atoms with Crippen LogP contribution in [0.15, 0.2) is 72.9 Å². The Morgan fingerprint density at radius 2 is 1.68 bits per heavy atom. The number of carboxylic acid groups (broad SMARTS) is 1. The lowest BCUT2D eigenvalue weighted by Crippen LogP contribution is -2.26. The largest absolute Gasteiger partial charge is 0.478 e. The molecule has 0 saturated heterocycles. The molecule has 1 atom stereocenters. The lowest BCUT2D eigenvalue weighted by molar-refractivity contribution is -0.137. The van der Waals surface area contributed by atoms with Gasteiger partial charge in [0.1, 0.15) is 11.5 Å². The van der Waals surface area contributed by atoms with Gasteiger partial charge in [0.15, 0.2) is 0 Å². The monoisotopic (exact) mass is 468 g/mol. The number of aromatic nitrogens is 1. The van der Waals surface area contributed by atoms with Crippen LogP contribution in [0.1, 0.15) is 44.8 Å². The molecular formula is C25H19F3N2O4. The molecule has 4 aromatic rings. The van der Waals surface area contributed by atoms with Gasteiger partial charge >= 0.3 is 12.1 Å². The summed E-state index contributed by atoms with van der Waals surface area (Å²) in [5, 5.41) is 12.4. The molecule has 0 aliphatic heterocycles. The molecule has 0 fully saturated rings. The van der Waals surface area contributed by atoms with E-state index in [4.69, 9.17) is 9.84 Å². The van der Waals surface area contributed by atoms with E-state index in [2.05, 4.69) is 10.3 Å². The molecule has 1 unspecified atom stereocenters. The van der Waals surface area contributed by atoms with Crippen LogP contribution in [-0.2, 0) is 6.18 Å². The predicted molar refractivity (Wildman–Crippen MR) is 119 cm³/mol. The third-order valence-electron chi connectivity index (χ3n) is 5.33. The first-order valence-corrected chi connectivity index (χ1v) is 10.2. The van der Waals surface area contributed by atoms with Crippen LogP contribution in [-0.4, -0.2) is 22.0 Å². The van der Waals surface area contributed by atoms with Gasteiger partial charge in [-0.25, -0.2) is 4.79 Å². The van der Waals surface area contributed by atoms with Gasteiger partial charge < -0.3 is 20.1 Å². The van der Waals surface area contributed by atoms with Crippen molar-refractivity contribution >= 4 is 22.8 Å². The quantitative estimate of drug-likeness (QED) is 0.316. The molecule has 3 aromatic carbocycles. The smallest absolute Gasteiger partial charge is 0.416 e. The molecule has 0 aliphatic rings. The summed E-state index contributed by atoms with van der Waals surface area (Å²) in [6.07, 6.45) is -2.92. The zero-order valence-electron chi connectivity index (χ0n) is 17.8. The molecule has 0 aliphatic carbocycles. The second-order valence-electron chi connectivity index (χ2n) is 7.63. The van der Waals surface area contributed by atoms with E-state index >= 15 is 0 Å². The molecule has 34 heavy (non-hydrogen) atoms. The number of carbonyl (C=O) groups is 2. The van der Waals surface area contributed by atoms with Crippen molar-refractivity contribution in [3.8, 4) is 11.5 Å². The van der Waals surface area contributed by atoms with Crippen molar-refractivity contribution in [2.75, 3.05) is 0 Å². The molecule has 4 rings (SSSR count). The molecule has 3 N–H and O–H groups in total. The Morgan fingerprint density at radius 3 is 2.29 bits per heavy atom. The highest BCUT2D eigenvalue weighted by atomic mass is 19.4. The van der Waals surface area contributed by atoms with Crippen molar-refractivity contribution < 1.29 is 32.6 Å². The van der Waals surface area contributed by atoms with Crippen molar-refractivity contribution in [3.63, 3.8) is 0 Å². The topological polar surface area (TPSA) is 91.4 Å². The molecule has 0 saturated carbocycles. The number of hydrogen-bond donors (Lipinski definition) is 3. The fourth-order valence-corrected chi connectivity index (χ4v) is 3.53. The van der Waals surface area contributed by atoms with E-state index < -0.39 is 29.7 Å². The van der Waals surface area contributed by atoms with E-state index in [1.165, 1.54) is 30.5 Å². The molecule has 9 heteroatoms. The minimum absolute atomic E-state index is 0.143.